The number of nitrogens with zero attached hydrogens (tertiary/aromatic N) is 4. The van der Waals surface area contributed by atoms with Gasteiger partial charge in [0.25, 0.3) is 5.56 Å². The molecule has 4 heterocycles. The highest BCUT2D eigenvalue weighted by Gasteiger charge is 2.30. The van der Waals surface area contributed by atoms with Crippen molar-refractivity contribution in [1.82, 2.24) is 19.4 Å². The molecule has 4 aromatic rings. The van der Waals surface area contributed by atoms with Crippen LogP contribution in [-0.2, 0) is 29.0 Å². The first kappa shape index (κ1) is 24.1. The second kappa shape index (κ2) is 9.82. The van der Waals surface area contributed by atoms with E-state index in [1.807, 2.05) is 24.3 Å². The SMILES string of the molecule is CCOC(=O)N1CCc2c(sc(NC(=O)Cn3cnc(C)c(C)c3=O)c2-c2nc3ccccc3s2)C1. The van der Waals surface area contributed by atoms with E-state index in [1.54, 1.807) is 37.0 Å². The number of amides is 2. The van der Waals surface area contributed by atoms with Crippen molar-refractivity contribution < 1.29 is 14.3 Å². The fraction of sp³-hybridized carbons (Fsp3) is 0.320. The van der Waals surface area contributed by atoms with Gasteiger partial charge in [-0.25, -0.2) is 14.8 Å². The van der Waals surface area contributed by atoms with Gasteiger partial charge in [0.2, 0.25) is 5.91 Å². The van der Waals surface area contributed by atoms with Crippen molar-refractivity contribution in [1.29, 1.82) is 0 Å². The first-order valence-electron chi connectivity index (χ1n) is 11.6. The molecule has 0 aliphatic carbocycles. The van der Waals surface area contributed by atoms with Crippen LogP contribution >= 0.6 is 22.7 Å². The van der Waals surface area contributed by atoms with Gasteiger partial charge < -0.3 is 15.0 Å². The molecule has 0 unspecified atom stereocenters. The van der Waals surface area contributed by atoms with Crippen LogP contribution in [0, 0.1) is 13.8 Å². The Kier molecular flexibility index (Phi) is 6.59. The van der Waals surface area contributed by atoms with Crippen LogP contribution < -0.4 is 10.9 Å². The van der Waals surface area contributed by atoms with Crippen molar-refractivity contribution in [3.05, 3.63) is 62.6 Å². The Balaban J connectivity index is 1.50. The van der Waals surface area contributed by atoms with Gasteiger partial charge in [-0.2, -0.15) is 0 Å². The van der Waals surface area contributed by atoms with Gasteiger partial charge in [-0.1, -0.05) is 12.1 Å². The summed E-state index contributed by atoms with van der Waals surface area (Å²) in [5, 5.41) is 4.50. The van der Waals surface area contributed by atoms with Crippen LogP contribution in [0.1, 0.15) is 28.6 Å². The fourth-order valence-electron chi connectivity index (χ4n) is 4.18. The Morgan fingerprint density at radius 2 is 2.00 bits per heavy atom. The third-order valence-corrected chi connectivity index (χ3v) is 8.36. The van der Waals surface area contributed by atoms with Gasteiger partial charge >= 0.3 is 6.09 Å². The van der Waals surface area contributed by atoms with Gasteiger partial charge in [0, 0.05) is 28.2 Å². The lowest BCUT2D eigenvalue weighted by Crippen LogP contribution is -2.35. The molecule has 9 nitrogen and oxygen atoms in total. The standard InChI is InChI=1S/C25H25N5O4S2/c1-4-34-25(33)29-10-9-16-19(11-29)36-23(21(16)22-27-17-7-5-6-8-18(17)35-22)28-20(31)12-30-13-26-15(3)14(2)24(30)32/h5-8,13H,4,9-12H2,1-3H3,(H,28,31). The Morgan fingerprint density at radius 3 is 2.78 bits per heavy atom. The first-order valence-corrected chi connectivity index (χ1v) is 13.2. The Morgan fingerprint density at radius 1 is 1.19 bits per heavy atom. The minimum absolute atomic E-state index is 0.149. The summed E-state index contributed by atoms with van der Waals surface area (Å²) in [6, 6.07) is 7.91. The van der Waals surface area contributed by atoms with Crippen molar-refractivity contribution in [2.24, 2.45) is 0 Å². The molecule has 0 saturated carbocycles. The fourth-order valence-corrected chi connectivity index (χ4v) is 6.57. The summed E-state index contributed by atoms with van der Waals surface area (Å²) in [5.41, 5.74) is 3.79. The lowest BCUT2D eigenvalue weighted by Gasteiger charge is -2.26. The van der Waals surface area contributed by atoms with Crippen LogP contribution in [0.5, 0.6) is 0 Å². The summed E-state index contributed by atoms with van der Waals surface area (Å²) < 4.78 is 7.56. The van der Waals surface area contributed by atoms with E-state index in [0.29, 0.717) is 42.4 Å². The van der Waals surface area contributed by atoms with Crippen molar-refractivity contribution >= 4 is 49.9 Å². The predicted molar refractivity (Wildman–Crippen MR) is 141 cm³/mol. The van der Waals surface area contributed by atoms with Crippen molar-refractivity contribution in [3.8, 4) is 10.6 Å². The van der Waals surface area contributed by atoms with Gasteiger partial charge in [0.1, 0.15) is 16.6 Å². The second-order valence-electron chi connectivity index (χ2n) is 8.50. The first-order chi connectivity index (χ1) is 17.4. The molecule has 0 radical (unpaired) electrons. The number of anilines is 1. The molecule has 1 N–H and O–H groups in total. The molecule has 0 fully saturated rings. The van der Waals surface area contributed by atoms with Crippen molar-refractivity contribution in [2.75, 3.05) is 18.5 Å². The topological polar surface area (TPSA) is 106 Å². The summed E-state index contributed by atoms with van der Waals surface area (Å²) in [6.45, 7) is 6.35. The lowest BCUT2D eigenvalue weighted by molar-refractivity contribution is -0.116. The Bertz CT molecular complexity index is 1500. The molecule has 3 aromatic heterocycles. The molecule has 1 aromatic carbocycles. The van der Waals surface area contributed by atoms with Crippen LogP contribution in [0.4, 0.5) is 9.80 Å². The maximum Gasteiger partial charge on any atom is 0.410 e. The second-order valence-corrected chi connectivity index (χ2v) is 10.6. The van der Waals surface area contributed by atoms with Gasteiger partial charge in [0.15, 0.2) is 0 Å². The molecule has 0 saturated heterocycles. The third-order valence-electron chi connectivity index (χ3n) is 6.17. The van der Waals surface area contributed by atoms with Crippen molar-refractivity contribution in [3.63, 3.8) is 0 Å². The molecule has 0 spiro atoms. The normalized spacial score (nSPS) is 13.0. The maximum atomic E-state index is 13.1. The van der Waals surface area contributed by atoms with E-state index in [9.17, 15) is 14.4 Å². The zero-order valence-electron chi connectivity index (χ0n) is 20.2. The average molecular weight is 524 g/mol. The van der Waals surface area contributed by atoms with Crippen LogP contribution in [-0.4, -0.2) is 44.6 Å². The molecule has 1 aliphatic heterocycles. The quantitative estimate of drug-likeness (QED) is 0.417. The number of carbonyl (C=O) groups is 2. The molecule has 0 bridgehead atoms. The van der Waals surface area contributed by atoms with Crippen molar-refractivity contribution in [2.45, 2.75) is 40.3 Å². The summed E-state index contributed by atoms with van der Waals surface area (Å²) in [6.07, 6.45) is 1.69. The van der Waals surface area contributed by atoms with E-state index >= 15 is 0 Å². The van der Waals surface area contributed by atoms with Gasteiger partial charge in [-0.05, 0) is 44.9 Å². The number of nitrogens with one attached hydrogen (secondary N) is 1. The Labute approximate surface area is 215 Å². The number of rotatable bonds is 5. The number of benzene rings is 1. The van der Waals surface area contributed by atoms with Crippen LogP contribution in [0.3, 0.4) is 0 Å². The van der Waals surface area contributed by atoms with E-state index in [2.05, 4.69) is 10.3 Å². The third kappa shape index (κ3) is 4.51. The number of hydrogen-bond donors (Lipinski definition) is 1. The van der Waals surface area contributed by atoms with Crippen LogP contribution in [0.15, 0.2) is 35.4 Å². The van der Waals surface area contributed by atoms with E-state index < -0.39 is 0 Å². The van der Waals surface area contributed by atoms with E-state index in [1.165, 1.54) is 22.2 Å². The predicted octanol–water partition coefficient (Wildman–Crippen LogP) is 4.35. The molecular weight excluding hydrogens is 498 g/mol. The zero-order chi connectivity index (χ0) is 25.4. The number of hydrogen-bond acceptors (Lipinski definition) is 8. The van der Waals surface area contributed by atoms with E-state index in [0.717, 1.165) is 31.2 Å². The average Bonchev–Trinajstić information content (AvgIpc) is 3.44. The molecular formula is C25H25N5O4S2. The van der Waals surface area contributed by atoms with Gasteiger partial charge in [-0.3, -0.25) is 14.2 Å². The highest BCUT2D eigenvalue weighted by molar-refractivity contribution is 7.22. The highest BCUT2D eigenvalue weighted by Crippen LogP contribution is 2.45. The zero-order valence-corrected chi connectivity index (χ0v) is 21.8. The van der Waals surface area contributed by atoms with Gasteiger partial charge in [-0.15, -0.1) is 22.7 Å². The number of ether oxygens (including phenoxy) is 1. The number of para-hydroxylation sites is 1. The van der Waals surface area contributed by atoms with Crippen LogP contribution in [0.25, 0.3) is 20.8 Å². The molecule has 1 aliphatic rings. The summed E-state index contributed by atoms with van der Waals surface area (Å²) in [4.78, 5) is 49.7. The number of fused-ring (bicyclic) bond motifs is 2. The van der Waals surface area contributed by atoms with Gasteiger partial charge in [0.05, 0.1) is 29.7 Å². The lowest BCUT2D eigenvalue weighted by atomic mass is 10.0. The maximum absolute atomic E-state index is 13.1. The molecule has 36 heavy (non-hydrogen) atoms. The molecule has 11 heteroatoms. The molecule has 0 atom stereocenters. The minimum atomic E-state index is -0.342. The molecule has 2 amide bonds. The summed E-state index contributed by atoms with van der Waals surface area (Å²) >= 11 is 3.00. The monoisotopic (exact) mass is 523 g/mol. The smallest absolute Gasteiger partial charge is 0.410 e. The van der Waals surface area contributed by atoms with E-state index in [-0.39, 0.29) is 24.1 Å². The van der Waals surface area contributed by atoms with Crippen LogP contribution in [0.2, 0.25) is 0 Å². The largest absolute Gasteiger partial charge is 0.450 e. The highest BCUT2D eigenvalue weighted by atomic mass is 32.1. The molecule has 186 valence electrons. The number of aromatic nitrogens is 3. The number of thiazole rings is 1. The number of carbonyl (C=O) groups excluding carboxylic acids is 2. The Hall–Kier alpha value is -3.57. The van der Waals surface area contributed by atoms with E-state index in [4.69, 9.17) is 9.72 Å². The summed E-state index contributed by atoms with van der Waals surface area (Å²) in [7, 11) is 0. The minimum Gasteiger partial charge on any atom is -0.450 e. The molecule has 5 rings (SSSR count). The number of thiophene rings is 1. The summed E-state index contributed by atoms with van der Waals surface area (Å²) in [5.74, 6) is -0.328. The number of aryl methyl sites for hydroxylation is 1.